The van der Waals surface area contributed by atoms with Crippen LogP contribution in [-0.2, 0) is 9.53 Å². The highest BCUT2D eigenvalue weighted by Gasteiger charge is 2.19. The molecule has 0 bridgehead atoms. The lowest BCUT2D eigenvalue weighted by molar-refractivity contribution is -0.122. The van der Waals surface area contributed by atoms with Gasteiger partial charge in [-0.15, -0.1) is 0 Å². The van der Waals surface area contributed by atoms with Crippen LogP contribution in [0.3, 0.4) is 0 Å². The average Bonchev–Trinajstić information content (AvgIpc) is 2.56. The number of carbonyl (C=O) groups excluding carboxylic acids is 1. The third-order valence-corrected chi connectivity index (χ3v) is 4.19. The van der Waals surface area contributed by atoms with Gasteiger partial charge in [0.05, 0.1) is 13.2 Å². The Balaban J connectivity index is 1.76. The minimum atomic E-state index is 0.143. The van der Waals surface area contributed by atoms with Gasteiger partial charge in [-0.3, -0.25) is 14.7 Å². The van der Waals surface area contributed by atoms with Crippen LogP contribution in [0.25, 0.3) is 0 Å². The molecule has 0 radical (unpaired) electrons. The second-order valence-corrected chi connectivity index (χ2v) is 6.42. The number of nitrogens with zero attached hydrogens (tertiary/aromatic N) is 2. The van der Waals surface area contributed by atoms with Crippen LogP contribution in [0.2, 0.25) is 0 Å². The molecule has 2 heterocycles. The molecule has 0 saturated carbocycles. The number of nitrogens with one attached hydrogen (secondary N) is 3. The van der Waals surface area contributed by atoms with E-state index in [-0.39, 0.29) is 11.9 Å². The highest BCUT2D eigenvalue weighted by atomic mass is 16.5. The zero-order chi connectivity index (χ0) is 16.5. The summed E-state index contributed by atoms with van der Waals surface area (Å²) in [6, 6.07) is 0.264. The molecule has 2 fully saturated rings. The van der Waals surface area contributed by atoms with Gasteiger partial charge in [-0.1, -0.05) is 6.92 Å². The van der Waals surface area contributed by atoms with Crippen LogP contribution in [0, 0.1) is 5.92 Å². The summed E-state index contributed by atoms with van der Waals surface area (Å²) in [5, 5.41) is 9.62. The molecule has 7 heteroatoms. The number of rotatable bonds is 6. The normalized spacial score (nSPS) is 24.9. The Morgan fingerprint density at radius 3 is 2.91 bits per heavy atom. The quantitative estimate of drug-likeness (QED) is 0.465. The fourth-order valence-electron chi connectivity index (χ4n) is 2.90. The van der Waals surface area contributed by atoms with E-state index in [1.165, 1.54) is 0 Å². The Bertz CT molecular complexity index is 386. The van der Waals surface area contributed by atoms with Crippen LogP contribution in [0.5, 0.6) is 0 Å². The molecule has 2 atom stereocenters. The number of hydrogen-bond acceptors (Lipinski definition) is 4. The molecule has 23 heavy (non-hydrogen) atoms. The standard InChI is InChI=1S/C16H31N5O2/c1-3-17-16(20-14-4-5-15(22)18-11-14)19-10-13(2)12-21-6-8-23-9-7-21/h13-14H,3-12H2,1-2H3,(H,18,22)(H2,17,19,20). The first kappa shape index (κ1) is 18.0. The fraction of sp³-hybridized carbons (Fsp3) is 0.875. The van der Waals surface area contributed by atoms with Gasteiger partial charge in [0.25, 0.3) is 0 Å². The first-order valence-electron chi connectivity index (χ1n) is 8.79. The lowest BCUT2D eigenvalue weighted by Crippen LogP contribution is -2.51. The van der Waals surface area contributed by atoms with Gasteiger partial charge in [-0.2, -0.15) is 0 Å². The molecule has 2 rings (SSSR count). The predicted molar refractivity (Wildman–Crippen MR) is 91.6 cm³/mol. The van der Waals surface area contributed by atoms with Crippen molar-refractivity contribution >= 4 is 11.9 Å². The molecule has 0 aromatic heterocycles. The van der Waals surface area contributed by atoms with E-state index in [0.29, 0.717) is 18.9 Å². The van der Waals surface area contributed by atoms with Crippen molar-refractivity contribution in [1.82, 2.24) is 20.9 Å². The van der Waals surface area contributed by atoms with E-state index in [0.717, 1.165) is 58.3 Å². The smallest absolute Gasteiger partial charge is 0.220 e. The van der Waals surface area contributed by atoms with Crippen molar-refractivity contribution in [1.29, 1.82) is 0 Å². The van der Waals surface area contributed by atoms with Crippen molar-refractivity contribution in [2.45, 2.75) is 32.7 Å². The number of guanidine groups is 1. The molecule has 2 aliphatic rings. The van der Waals surface area contributed by atoms with Gasteiger partial charge in [0.1, 0.15) is 0 Å². The highest BCUT2D eigenvalue weighted by Crippen LogP contribution is 2.05. The summed E-state index contributed by atoms with van der Waals surface area (Å²) in [6.07, 6.45) is 1.45. The van der Waals surface area contributed by atoms with Crippen molar-refractivity contribution in [2.24, 2.45) is 10.9 Å². The third-order valence-electron chi connectivity index (χ3n) is 4.19. The van der Waals surface area contributed by atoms with Gasteiger partial charge >= 0.3 is 0 Å². The number of carbonyl (C=O) groups is 1. The number of amides is 1. The van der Waals surface area contributed by atoms with Gasteiger partial charge in [0, 0.05) is 51.7 Å². The van der Waals surface area contributed by atoms with Crippen molar-refractivity contribution in [2.75, 3.05) is 52.5 Å². The summed E-state index contributed by atoms with van der Waals surface area (Å²) < 4.78 is 5.38. The molecule has 132 valence electrons. The van der Waals surface area contributed by atoms with E-state index in [9.17, 15) is 4.79 Å². The third kappa shape index (κ3) is 6.74. The molecule has 2 aliphatic heterocycles. The SMILES string of the molecule is CCNC(=NCC(C)CN1CCOCC1)NC1CCC(=O)NC1. The molecule has 2 saturated heterocycles. The zero-order valence-electron chi connectivity index (χ0n) is 14.4. The van der Waals surface area contributed by atoms with Gasteiger partial charge in [-0.05, 0) is 19.3 Å². The summed E-state index contributed by atoms with van der Waals surface area (Å²) >= 11 is 0. The van der Waals surface area contributed by atoms with Crippen LogP contribution in [0.4, 0.5) is 0 Å². The second kappa shape index (κ2) is 9.72. The molecule has 0 aliphatic carbocycles. The van der Waals surface area contributed by atoms with Crippen molar-refractivity contribution in [3.63, 3.8) is 0 Å². The summed E-state index contributed by atoms with van der Waals surface area (Å²) in [7, 11) is 0. The number of hydrogen-bond donors (Lipinski definition) is 3. The van der Waals surface area contributed by atoms with Crippen LogP contribution in [-0.4, -0.2) is 75.3 Å². The van der Waals surface area contributed by atoms with Crippen LogP contribution in [0.15, 0.2) is 4.99 Å². The van der Waals surface area contributed by atoms with E-state index >= 15 is 0 Å². The molecule has 1 amide bonds. The van der Waals surface area contributed by atoms with Gasteiger partial charge in [-0.25, -0.2) is 0 Å². The fourth-order valence-corrected chi connectivity index (χ4v) is 2.90. The molecule has 0 aromatic rings. The Morgan fingerprint density at radius 1 is 1.48 bits per heavy atom. The first-order valence-corrected chi connectivity index (χ1v) is 8.79. The first-order chi connectivity index (χ1) is 11.2. The number of ether oxygens (including phenoxy) is 1. The molecular weight excluding hydrogens is 294 g/mol. The maximum Gasteiger partial charge on any atom is 0.220 e. The van der Waals surface area contributed by atoms with Crippen molar-refractivity contribution < 1.29 is 9.53 Å². The van der Waals surface area contributed by atoms with Crippen LogP contribution < -0.4 is 16.0 Å². The summed E-state index contributed by atoms with van der Waals surface area (Å²) in [5.74, 6) is 1.50. The van der Waals surface area contributed by atoms with Gasteiger partial charge < -0.3 is 20.7 Å². The summed E-state index contributed by atoms with van der Waals surface area (Å²) in [5.41, 5.74) is 0. The number of piperidine rings is 1. The highest BCUT2D eigenvalue weighted by molar-refractivity contribution is 5.81. The monoisotopic (exact) mass is 325 g/mol. The molecule has 0 aromatic carbocycles. The molecule has 7 nitrogen and oxygen atoms in total. The van der Waals surface area contributed by atoms with Crippen LogP contribution in [0.1, 0.15) is 26.7 Å². The van der Waals surface area contributed by atoms with Crippen molar-refractivity contribution in [3.8, 4) is 0 Å². The molecular formula is C16H31N5O2. The number of morpholine rings is 1. The second-order valence-electron chi connectivity index (χ2n) is 6.42. The zero-order valence-corrected chi connectivity index (χ0v) is 14.4. The Morgan fingerprint density at radius 2 is 2.26 bits per heavy atom. The largest absolute Gasteiger partial charge is 0.379 e. The topological polar surface area (TPSA) is 78.0 Å². The van der Waals surface area contributed by atoms with E-state index in [2.05, 4.69) is 34.7 Å². The van der Waals surface area contributed by atoms with Gasteiger partial charge in [0.2, 0.25) is 5.91 Å². The lowest BCUT2D eigenvalue weighted by Gasteiger charge is -2.29. The Hall–Kier alpha value is -1.34. The summed E-state index contributed by atoms with van der Waals surface area (Å²) in [4.78, 5) is 18.4. The van der Waals surface area contributed by atoms with Crippen molar-refractivity contribution in [3.05, 3.63) is 0 Å². The van der Waals surface area contributed by atoms with E-state index in [1.54, 1.807) is 0 Å². The molecule has 2 unspecified atom stereocenters. The average molecular weight is 325 g/mol. The molecule has 0 spiro atoms. The van der Waals surface area contributed by atoms with Crippen LogP contribution >= 0.6 is 0 Å². The van der Waals surface area contributed by atoms with E-state index in [4.69, 9.17) is 9.73 Å². The lowest BCUT2D eigenvalue weighted by atomic mass is 10.1. The minimum Gasteiger partial charge on any atom is -0.379 e. The molecule has 3 N–H and O–H groups in total. The maximum atomic E-state index is 11.2. The maximum absolute atomic E-state index is 11.2. The Labute approximate surface area is 139 Å². The Kier molecular flexibility index (Phi) is 7.61. The predicted octanol–water partition coefficient (Wildman–Crippen LogP) is -0.212. The number of aliphatic imine (C=N–C) groups is 1. The van der Waals surface area contributed by atoms with E-state index < -0.39 is 0 Å². The van der Waals surface area contributed by atoms with Gasteiger partial charge in [0.15, 0.2) is 5.96 Å². The summed E-state index contributed by atoms with van der Waals surface area (Å²) in [6.45, 7) is 11.4. The van der Waals surface area contributed by atoms with E-state index in [1.807, 2.05) is 0 Å². The minimum absolute atomic E-state index is 0.143.